The van der Waals surface area contributed by atoms with Gasteiger partial charge in [-0.05, 0) is 26.3 Å². The van der Waals surface area contributed by atoms with E-state index in [0.717, 1.165) is 26.1 Å². The maximum Gasteiger partial charge on any atom is 0.240 e. The van der Waals surface area contributed by atoms with E-state index in [1.165, 1.54) is 6.42 Å². The molecule has 2 heterocycles. The van der Waals surface area contributed by atoms with Gasteiger partial charge in [-0.3, -0.25) is 14.5 Å². The minimum absolute atomic E-state index is 0.0730. The van der Waals surface area contributed by atoms with Gasteiger partial charge in [-0.15, -0.1) is 0 Å². The van der Waals surface area contributed by atoms with Crippen LogP contribution < -0.4 is 11.5 Å². The van der Waals surface area contributed by atoms with Gasteiger partial charge < -0.3 is 16.4 Å². The van der Waals surface area contributed by atoms with E-state index in [9.17, 15) is 9.59 Å². The number of carbonyl (C=O) groups is 2. The second-order valence-corrected chi connectivity index (χ2v) is 5.41. The SMILES string of the molecule is CC1CN2CCCC2CN1C(=O)C(N)CC(N)=O. The number of nitrogens with zero attached hydrogens (tertiary/aromatic N) is 2. The zero-order chi connectivity index (χ0) is 13.3. The molecular formula is C12H22N4O2. The molecule has 0 aromatic rings. The van der Waals surface area contributed by atoms with Crippen molar-refractivity contribution < 1.29 is 9.59 Å². The van der Waals surface area contributed by atoms with Gasteiger partial charge in [0.15, 0.2) is 0 Å². The van der Waals surface area contributed by atoms with Crippen molar-refractivity contribution in [3.8, 4) is 0 Å². The summed E-state index contributed by atoms with van der Waals surface area (Å²) >= 11 is 0. The van der Waals surface area contributed by atoms with Crippen LogP contribution in [0.1, 0.15) is 26.2 Å². The Bertz CT molecular complexity index is 347. The maximum atomic E-state index is 12.2. The first-order valence-corrected chi connectivity index (χ1v) is 6.57. The average Bonchev–Trinajstić information content (AvgIpc) is 2.72. The van der Waals surface area contributed by atoms with Gasteiger partial charge in [-0.2, -0.15) is 0 Å². The lowest BCUT2D eigenvalue weighted by molar-refractivity contribution is -0.139. The Hall–Kier alpha value is -1.14. The number of fused-ring (bicyclic) bond motifs is 1. The molecule has 0 radical (unpaired) electrons. The second kappa shape index (κ2) is 5.24. The fourth-order valence-electron chi connectivity index (χ4n) is 3.01. The number of primary amides is 1. The minimum Gasteiger partial charge on any atom is -0.370 e. The molecule has 2 fully saturated rings. The standard InChI is InChI=1S/C12H22N4O2/c1-8-6-15-4-2-3-9(15)7-16(8)12(18)10(13)5-11(14)17/h8-10H,2-7,13H2,1H3,(H2,14,17). The largest absolute Gasteiger partial charge is 0.370 e. The molecule has 2 saturated heterocycles. The Kier molecular flexibility index (Phi) is 3.87. The van der Waals surface area contributed by atoms with Gasteiger partial charge in [-0.1, -0.05) is 0 Å². The van der Waals surface area contributed by atoms with Crippen molar-refractivity contribution in [3.05, 3.63) is 0 Å². The summed E-state index contributed by atoms with van der Waals surface area (Å²) in [6, 6.07) is -0.172. The molecule has 0 aromatic carbocycles. The first kappa shape index (κ1) is 13.3. The Labute approximate surface area is 107 Å². The van der Waals surface area contributed by atoms with E-state index in [1.807, 2.05) is 11.8 Å². The highest BCUT2D eigenvalue weighted by Gasteiger charge is 2.37. The quantitative estimate of drug-likeness (QED) is 0.667. The molecule has 2 amide bonds. The van der Waals surface area contributed by atoms with Crippen LogP contribution in [0.15, 0.2) is 0 Å². The number of carbonyl (C=O) groups excluding carboxylic acids is 2. The molecule has 4 N–H and O–H groups in total. The monoisotopic (exact) mass is 254 g/mol. The number of amides is 2. The highest BCUT2D eigenvalue weighted by atomic mass is 16.2. The minimum atomic E-state index is -0.794. The van der Waals surface area contributed by atoms with E-state index in [-0.39, 0.29) is 18.4 Å². The summed E-state index contributed by atoms with van der Waals surface area (Å²) in [4.78, 5) is 27.3. The van der Waals surface area contributed by atoms with Crippen molar-refractivity contribution in [3.63, 3.8) is 0 Å². The first-order chi connectivity index (χ1) is 8.49. The third kappa shape index (κ3) is 2.64. The third-order valence-electron chi connectivity index (χ3n) is 3.96. The van der Waals surface area contributed by atoms with Crippen molar-refractivity contribution in [1.29, 1.82) is 0 Å². The van der Waals surface area contributed by atoms with Crippen LogP contribution in [0, 0.1) is 0 Å². The number of hydrogen-bond donors (Lipinski definition) is 2. The fraction of sp³-hybridized carbons (Fsp3) is 0.833. The lowest BCUT2D eigenvalue weighted by Crippen LogP contribution is -2.60. The summed E-state index contributed by atoms with van der Waals surface area (Å²) in [5, 5.41) is 0. The zero-order valence-corrected chi connectivity index (χ0v) is 10.8. The van der Waals surface area contributed by atoms with Gasteiger partial charge >= 0.3 is 0 Å². The third-order valence-corrected chi connectivity index (χ3v) is 3.96. The molecule has 6 nitrogen and oxygen atoms in total. The van der Waals surface area contributed by atoms with Gasteiger partial charge in [-0.25, -0.2) is 0 Å². The fourth-order valence-corrected chi connectivity index (χ4v) is 3.01. The highest BCUT2D eigenvalue weighted by molar-refractivity contribution is 5.87. The molecule has 0 aliphatic carbocycles. The summed E-state index contributed by atoms with van der Waals surface area (Å²) in [5.74, 6) is -0.671. The van der Waals surface area contributed by atoms with Crippen molar-refractivity contribution in [1.82, 2.24) is 9.80 Å². The number of nitrogens with two attached hydrogens (primary N) is 2. The van der Waals surface area contributed by atoms with Gasteiger partial charge in [0.25, 0.3) is 0 Å². The van der Waals surface area contributed by atoms with Crippen LogP contribution in [-0.2, 0) is 9.59 Å². The number of piperazine rings is 1. The molecular weight excluding hydrogens is 232 g/mol. The first-order valence-electron chi connectivity index (χ1n) is 6.57. The predicted molar refractivity (Wildman–Crippen MR) is 67.6 cm³/mol. The zero-order valence-electron chi connectivity index (χ0n) is 10.8. The van der Waals surface area contributed by atoms with Crippen LogP contribution in [-0.4, -0.2) is 59.4 Å². The molecule has 3 atom stereocenters. The van der Waals surface area contributed by atoms with Gasteiger partial charge in [0.2, 0.25) is 11.8 Å². The lowest BCUT2D eigenvalue weighted by Gasteiger charge is -2.43. The smallest absolute Gasteiger partial charge is 0.240 e. The van der Waals surface area contributed by atoms with Gasteiger partial charge in [0.1, 0.15) is 0 Å². The molecule has 6 heteroatoms. The van der Waals surface area contributed by atoms with Crippen LogP contribution in [0.5, 0.6) is 0 Å². The molecule has 102 valence electrons. The van der Waals surface area contributed by atoms with Crippen LogP contribution >= 0.6 is 0 Å². The molecule has 3 unspecified atom stereocenters. The number of hydrogen-bond acceptors (Lipinski definition) is 4. The molecule has 0 saturated carbocycles. The van der Waals surface area contributed by atoms with E-state index in [0.29, 0.717) is 6.04 Å². The van der Waals surface area contributed by atoms with Crippen molar-refractivity contribution in [2.75, 3.05) is 19.6 Å². The summed E-state index contributed by atoms with van der Waals surface area (Å²) in [6.45, 7) is 4.79. The van der Waals surface area contributed by atoms with E-state index in [4.69, 9.17) is 11.5 Å². The Morgan fingerprint density at radius 1 is 1.39 bits per heavy atom. The Balaban J connectivity index is 1.99. The highest BCUT2D eigenvalue weighted by Crippen LogP contribution is 2.24. The predicted octanol–water partition coefficient (Wildman–Crippen LogP) is -1.12. The van der Waals surface area contributed by atoms with E-state index in [1.54, 1.807) is 0 Å². The normalized spacial score (nSPS) is 30.0. The average molecular weight is 254 g/mol. The Morgan fingerprint density at radius 3 is 2.78 bits per heavy atom. The summed E-state index contributed by atoms with van der Waals surface area (Å²) < 4.78 is 0. The summed E-state index contributed by atoms with van der Waals surface area (Å²) in [6.07, 6.45) is 2.27. The molecule has 18 heavy (non-hydrogen) atoms. The van der Waals surface area contributed by atoms with Crippen molar-refractivity contribution >= 4 is 11.8 Å². The van der Waals surface area contributed by atoms with Crippen molar-refractivity contribution in [2.45, 2.75) is 44.3 Å². The molecule has 2 aliphatic rings. The molecule has 0 aromatic heterocycles. The summed E-state index contributed by atoms with van der Waals surface area (Å²) in [5.41, 5.74) is 10.8. The molecule has 0 bridgehead atoms. The van der Waals surface area contributed by atoms with E-state index < -0.39 is 11.9 Å². The number of rotatable bonds is 3. The van der Waals surface area contributed by atoms with Crippen LogP contribution in [0.2, 0.25) is 0 Å². The van der Waals surface area contributed by atoms with Gasteiger partial charge in [0, 0.05) is 25.2 Å². The van der Waals surface area contributed by atoms with Crippen molar-refractivity contribution in [2.24, 2.45) is 11.5 Å². The van der Waals surface area contributed by atoms with E-state index >= 15 is 0 Å². The van der Waals surface area contributed by atoms with E-state index in [2.05, 4.69) is 4.90 Å². The molecule has 0 spiro atoms. The van der Waals surface area contributed by atoms with Crippen LogP contribution in [0.25, 0.3) is 0 Å². The van der Waals surface area contributed by atoms with Crippen LogP contribution in [0.4, 0.5) is 0 Å². The van der Waals surface area contributed by atoms with Gasteiger partial charge in [0.05, 0.1) is 12.5 Å². The Morgan fingerprint density at radius 2 is 2.11 bits per heavy atom. The molecule has 2 aliphatic heterocycles. The summed E-state index contributed by atoms with van der Waals surface area (Å²) in [7, 11) is 0. The lowest BCUT2D eigenvalue weighted by atomic mass is 10.1. The van der Waals surface area contributed by atoms with Crippen LogP contribution in [0.3, 0.4) is 0 Å². The maximum absolute atomic E-state index is 12.2. The topological polar surface area (TPSA) is 92.7 Å². The second-order valence-electron chi connectivity index (χ2n) is 5.41. The molecule has 2 rings (SSSR count).